The third-order valence-corrected chi connectivity index (χ3v) is 2.59. The first-order valence-electron chi connectivity index (χ1n) is 4.47. The maximum Gasteiger partial charge on any atom is 0.230 e. The minimum atomic E-state index is 0.0318. The van der Waals surface area contributed by atoms with E-state index in [1.54, 1.807) is 0 Å². The number of amides is 1. The number of nitrogens with one attached hydrogen (secondary N) is 1. The molecule has 0 spiro atoms. The summed E-state index contributed by atoms with van der Waals surface area (Å²) in [4.78, 5) is 12.3. The maximum atomic E-state index is 11.2. The Morgan fingerprint density at radius 1 is 1.36 bits per heavy atom. The third kappa shape index (κ3) is 4.30. The van der Waals surface area contributed by atoms with E-state index in [2.05, 4.69) is 5.32 Å². The number of nitrogens with two attached hydrogens (primary N) is 1. The van der Waals surface area contributed by atoms with Gasteiger partial charge in [0.1, 0.15) is 0 Å². The molecule has 0 atom stereocenters. The molecule has 0 fully saturated rings. The molecular formula is C10H14N2OS. The minimum absolute atomic E-state index is 0.0318. The SMILES string of the molecule is NCCNC(=O)CSc1ccccc1. The van der Waals surface area contributed by atoms with Gasteiger partial charge < -0.3 is 11.1 Å². The van der Waals surface area contributed by atoms with Crippen LogP contribution in [0.3, 0.4) is 0 Å². The molecule has 0 saturated carbocycles. The smallest absolute Gasteiger partial charge is 0.230 e. The van der Waals surface area contributed by atoms with Crippen LogP contribution in [0.1, 0.15) is 0 Å². The van der Waals surface area contributed by atoms with Crippen molar-refractivity contribution in [2.75, 3.05) is 18.8 Å². The normalized spacial score (nSPS) is 9.79. The van der Waals surface area contributed by atoms with Crippen molar-refractivity contribution in [3.05, 3.63) is 30.3 Å². The van der Waals surface area contributed by atoms with Crippen LogP contribution in [0, 0.1) is 0 Å². The molecule has 1 amide bonds. The predicted octanol–water partition coefficient (Wildman–Crippen LogP) is 0.854. The van der Waals surface area contributed by atoms with Crippen LogP contribution in [-0.4, -0.2) is 24.7 Å². The van der Waals surface area contributed by atoms with Crippen molar-refractivity contribution in [2.24, 2.45) is 5.73 Å². The van der Waals surface area contributed by atoms with Gasteiger partial charge in [0.25, 0.3) is 0 Å². The summed E-state index contributed by atoms with van der Waals surface area (Å²) in [6, 6.07) is 9.85. The van der Waals surface area contributed by atoms with E-state index in [-0.39, 0.29) is 5.91 Å². The zero-order valence-electron chi connectivity index (χ0n) is 7.90. The number of hydrogen-bond donors (Lipinski definition) is 2. The Morgan fingerprint density at radius 2 is 2.07 bits per heavy atom. The molecule has 1 rings (SSSR count). The zero-order chi connectivity index (χ0) is 10.2. The summed E-state index contributed by atoms with van der Waals surface area (Å²) in [5.74, 6) is 0.480. The quantitative estimate of drug-likeness (QED) is 0.709. The van der Waals surface area contributed by atoms with Crippen molar-refractivity contribution in [1.82, 2.24) is 5.32 Å². The lowest BCUT2D eigenvalue weighted by Gasteiger charge is -2.02. The van der Waals surface area contributed by atoms with Gasteiger partial charge in [-0.3, -0.25) is 4.79 Å². The van der Waals surface area contributed by atoms with E-state index in [1.165, 1.54) is 11.8 Å². The number of hydrogen-bond acceptors (Lipinski definition) is 3. The number of benzene rings is 1. The van der Waals surface area contributed by atoms with E-state index in [9.17, 15) is 4.79 Å². The van der Waals surface area contributed by atoms with Gasteiger partial charge in [0.15, 0.2) is 0 Å². The molecule has 0 bridgehead atoms. The van der Waals surface area contributed by atoms with E-state index in [4.69, 9.17) is 5.73 Å². The average molecular weight is 210 g/mol. The number of carbonyl (C=O) groups excluding carboxylic acids is 1. The molecular weight excluding hydrogens is 196 g/mol. The standard InChI is InChI=1S/C10H14N2OS/c11-6-7-12-10(13)8-14-9-4-2-1-3-5-9/h1-5H,6-8,11H2,(H,12,13). The zero-order valence-corrected chi connectivity index (χ0v) is 8.72. The Bertz CT molecular complexity index is 277. The van der Waals surface area contributed by atoms with Crippen molar-refractivity contribution in [1.29, 1.82) is 0 Å². The molecule has 0 heterocycles. The monoisotopic (exact) mass is 210 g/mol. The van der Waals surface area contributed by atoms with Crippen LogP contribution in [0.5, 0.6) is 0 Å². The summed E-state index contributed by atoms with van der Waals surface area (Å²) in [6.45, 7) is 1.04. The Kier molecular flexibility index (Phi) is 5.11. The van der Waals surface area contributed by atoms with Gasteiger partial charge in [0.2, 0.25) is 5.91 Å². The van der Waals surface area contributed by atoms with E-state index >= 15 is 0 Å². The fraction of sp³-hybridized carbons (Fsp3) is 0.300. The van der Waals surface area contributed by atoms with Gasteiger partial charge in [0, 0.05) is 18.0 Å². The summed E-state index contributed by atoms with van der Waals surface area (Å²) >= 11 is 1.53. The molecule has 0 aliphatic rings. The van der Waals surface area contributed by atoms with Crippen LogP contribution in [0.15, 0.2) is 35.2 Å². The second-order valence-corrected chi connectivity index (χ2v) is 3.79. The molecule has 0 aliphatic heterocycles. The Hall–Kier alpha value is -1.00. The van der Waals surface area contributed by atoms with Crippen LogP contribution >= 0.6 is 11.8 Å². The van der Waals surface area contributed by atoms with Gasteiger partial charge in [-0.05, 0) is 12.1 Å². The molecule has 3 nitrogen and oxygen atoms in total. The molecule has 14 heavy (non-hydrogen) atoms. The van der Waals surface area contributed by atoms with Crippen LogP contribution in [0.2, 0.25) is 0 Å². The van der Waals surface area contributed by atoms with Crippen LogP contribution in [-0.2, 0) is 4.79 Å². The van der Waals surface area contributed by atoms with E-state index in [1.807, 2.05) is 30.3 Å². The Morgan fingerprint density at radius 3 is 2.71 bits per heavy atom. The lowest BCUT2D eigenvalue weighted by molar-refractivity contribution is -0.118. The molecule has 3 N–H and O–H groups in total. The Balaban J connectivity index is 2.24. The van der Waals surface area contributed by atoms with Crippen molar-refractivity contribution in [2.45, 2.75) is 4.90 Å². The summed E-state index contributed by atoms with van der Waals surface area (Å²) in [6.07, 6.45) is 0. The van der Waals surface area contributed by atoms with Gasteiger partial charge >= 0.3 is 0 Å². The van der Waals surface area contributed by atoms with Gasteiger partial charge in [-0.2, -0.15) is 0 Å². The number of thioether (sulfide) groups is 1. The highest BCUT2D eigenvalue weighted by molar-refractivity contribution is 8.00. The number of rotatable bonds is 5. The topological polar surface area (TPSA) is 55.1 Å². The minimum Gasteiger partial charge on any atom is -0.354 e. The molecule has 0 radical (unpaired) electrons. The molecule has 0 aromatic heterocycles. The first-order valence-corrected chi connectivity index (χ1v) is 5.46. The van der Waals surface area contributed by atoms with E-state index in [0.717, 1.165) is 4.90 Å². The summed E-state index contributed by atoms with van der Waals surface area (Å²) in [5.41, 5.74) is 5.26. The highest BCUT2D eigenvalue weighted by Crippen LogP contribution is 2.15. The summed E-state index contributed by atoms with van der Waals surface area (Å²) in [5, 5.41) is 2.72. The fourth-order valence-corrected chi connectivity index (χ4v) is 1.68. The highest BCUT2D eigenvalue weighted by atomic mass is 32.2. The van der Waals surface area contributed by atoms with Crippen molar-refractivity contribution in [3.63, 3.8) is 0 Å². The maximum absolute atomic E-state index is 11.2. The van der Waals surface area contributed by atoms with Crippen molar-refractivity contribution < 1.29 is 4.79 Å². The molecule has 1 aromatic carbocycles. The molecule has 4 heteroatoms. The predicted molar refractivity (Wildman–Crippen MR) is 59.2 cm³/mol. The average Bonchev–Trinajstić information content (AvgIpc) is 2.25. The molecule has 1 aromatic rings. The second-order valence-electron chi connectivity index (χ2n) is 2.74. The first kappa shape index (κ1) is 11.1. The van der Waals surface area contributed by atoms with Gasteiger partial charge in [-0.1, -0.05) is 18.2 Å². The van der Waals surface area contributed by atoms with Crippen molar-refractivity contribution >= 4 is 17.7 Å². The lowest BCUT2D eigenvalue weighted by Crippen LogP contribution is -2.30. The van der Waals surface area contributed by atoms with Gasteiger partial charge in [-0.15, -0.1) is 11.8 Å². The largest absolute Gasteiger partial charge is 0.354 e. The molecule has 0 unspecified atom stereocenters. The number of carbonyl (C=O) groups is 1. The summed E-state index contributed by atoms with van der Waals surface area (Å²) < 4.78 is 0. The van der Waals surface area contributed by atoms with Gasteiger partial charge in [-0.25, -0.2) is 0 Å². The fourth-order valence-electron chi connectivity index (χ4n) is 0.928. The third-order valence-electron chi connectivity index (χ3n) is 1.58. The van der Waals surface area contributed by atoms with Crippen LogP contribution in [0.4, 0.5) is 0 Å². The first-order chi connectivity index (χ1) is 6.83. The second kappa shape index (κ2) is 6.45. The van der Waals surface area contributed by atoms with E-state index in [0.29, 0.717) is 18.8 Å². The van der Waals surface area contributed by atoms with Crippen molar-refractivity contribution in [3.8, 4) is 0 Å². The van der Waals surface area contributed by atoms with Gasteiger partial charge in [0.05, 0.1) is 5.75 Å². The van der Waals surface area contributed by atoms with E-state index < -0.39 is 0 Å². The molecule has 0 aliphatic carbocycles. The molecule has 76 valence electrons. The lowest BCUT2D eigenvalue weighted by atomic mass is 10.4. The van der Waals surface area contributed by atoms with Crippen LogP contribution in [0.25, 0.3) is 0 Å². The Labute approximate surface area is 88.1 Å². The summed E-state index contributed by atoms with van der Waals surface area (Å²) in [7, 11) is 0. The highest BCUT2D eigenvalue weighted by Gasteiger charge is 2.00. The molecule has 0 saturated heterocycles. The van der Waals surface area contributed by atoms with Crippen LogP contribution < -0.4 is 11.1 Å².